The summed E-state index contributed by atoms with van der Waals surface area (Å²) in [7, 11) is 0. The van der Waals surface area contributed by atoms with E-state index in [1.165, 1.54) is 0 Å². The topological polar surface area (TPSA) is 58.2 Å². The minimum Gasteiger partial charge on any atom is -0.347 e. The Morgan fingerprint density at radius 1 is 0.923 bits per heavy atom. The molecule has 0 aliphatic heterocycles. The number of aryl methyl sites for hydroxylation is 1. The first-order valence-corrected chi connectivity index (χ1v) is 8.92. The number of para-hydroxylation sites is 1. The van der Waals surface area contributed by atoms with Crippen LogP contribution in [0.5, 0.6) is 0 Å². The van der Waals surface area contributed by atoms with Crippen molar-refractivity contribution in [3.63, 3.8) is 0 Å². The molecular formula is C22H28N2O2. The Morgan fingerprint density at radius 3 is 2.08 bits per heavy atom. The summed E-state index contributed by atoms with van der Waals surface area (Å²) >= 11 is 0. The van der Waals surface area contributed by atoms with E-state index < -0.39 is 0 Å². The molecule has 2 amide bonds. The molecule has 0 aromatic heterocycles. The predicted octanol–water partition coefficient (Wildman–Crippen LogP) is 4.90. The number of carbonyl (C=O) groups is 2. The smallest absolute Gasteiger partial charge is 0.255 e. The SMILES string of the molecule is Cc1cccc(C(C)C)c1NC(=O)c1cccc(C(=O)NC(C)(C)C)c1. The van der Waals surface area contributed by atoms with Crippen LogP contribution >= 0.6 is 0 Å². The lowest BCUT2D eigenvalue weighted by Crippen LogP contribution is -2.40. The van der Waals surface area contributed by atoms with E-state index in [1.54, 1.807) is 24.3 Å². The van der Waals surface area contributed by atoms with Crippen LogP contribution in [0.1, 0.15) is 72.4 Å². The van der Waals surface area contributed by atoms with E-state index in [4.69, 9.17) is 0 Å². The molecule has 2 aromatic carbocycles. The standard InChI is InChI=1S/C22H28N2O2/c1-14(2)18-12-7-9-15(3)19(18)23-20(25)16-10-8-11-17(13-16)21(26)24-22(4,5)6/h7-14H,1-6H3,(H,23,25)(H,24,26). The fourth-order valence-corrected chi connectivity index (χ4v) is 2.74. The quantitative estimate of drug-likeness (QED) is 0.822. The maximum atomic E-state index is 12.8. The van der Waals surface area contributed by atoms with Gasteiger partial charge in [0.1, 0.15) is 0 Å². The Hall–Kier alpha value is -2.62. The number of benzene rings is 2. The zero-order valence-corrected chi connectivity index (χ0v) is 16.4. The van der Waals surface area contributed by atoms with Crippen molar-refractivity contribution >= 4 is 17.5 Å². The molecule has 0 heterocycles. The van der Waals surface area contributed by atoms with Gasteiger partial charge in [0, 0.05) is 22.4 Å². The molecule has 0 radical (unpaired) electrons. The van der Waals surface area contributed by atoms with Crippen molar-refractivity contribution in [1.29, 1.82) is 0 Å². The molecule has 2 aromatic rings. The van der Waals surface area contributed by atoms with Gasteiger partial charge in [-0.1, -0.05) is 38.1 Å². The van der Waals surface area contributed by atoms with Crippen molar-refractivity contribution in [2.75, 3.05) is 5.32 Å². The summed E-state index contributed by atoms with van der Waals surface area (Å²) in [4.78, 5) is 25.1. The molecule has 26 heavy (non-hydrogen) atoms. The molecule has 0 fully saturated rings. The lowest BCUT2D eigenvalue weighted by molar-refractivity contribution is 0.0919. The van der Waals surface area contributed by atoms with Crippen molar-refractivity contribution in [1.82, 2.24) is 5.32 Å². The highest BCUT2D eigenvalue weighted by Crippen LogP contribution is 2.28. The highest BCUT2D eigenvalue weighted by molar-refractivity contribution is 6.06. The average molecular weight is 352 g/mol. The van der Waals surface area contributed by atoms with Crippen LogP contribution in [0.15, 0.2) is 42.5 Å². The highest BCUT2D eigenvalue weighted by atomic mass is 16.2. The molecule has 2 rings (SSSR count). The molecule has 0 aliphatic rings. The summed E-state index contributed by atoms with van der Waals surface area (Å²) in [6, 6.07) is 12.8. The molecule has 138 valence electrons. The van der Waals surface area contributed by atoms with E-state index in [0.29, 0.717) is 17.0 Å². The third kappa shape index (κ3) is 4.94. The van der Waals surface area contributed by atoms with Gasteiger partial charge in [-0.15, -0.1) is 0 Å². The maximum Gasteiger partial charge on any atom is 0.255 e. The molecule has 0 bridgehead atoms. The summed E-state index contributed by atoms with van der Waals surface area (Å²) < 4.78 is 0. The maximum absolute atomic E-state index is 12.8. The minimum atomic E-state index is -0.331. The first-order valence-electron chi connectivity index (χ1n) is 8.92. The Balaban J connectivity index is 2.27. The Bertz CT molecular complexity index is 817. The van der Waals surface area contributed by atoms with Gasteiger partial charge in [0.15, 0.2) is 0 Å². The van der Waals surface area contributed by atoms with Crippen molar-refractivity contribution < 1.29 is 9.59 Å². The summed E-state index contributed by atoms with van der Waals surface area (Å²) in [5.74, 6) is -0.105. The molecule has 0 saturated heterocycles. The minimum absolute atomic E-state index is 0.189. The number of hydrogen-bond donors (Lipinski definition) is 2. The number of amides is 2. The Kier molecular flexibility index (Phi) is 5.86. The van der Waals surface area contributed by atoms with Gasteiger partial charge >= 0.3 is 0 Å². The van der Waals surface area contributed by atoms with Gasteiger partial charge in [-0.25, -0.2) is 0 Å². The first kappa shape index (κ1) is 19.7. The molecule has 0 aliphatic carbocycles. The number of rotatable bonds is 4. The van der Waals surface area contributed by atoms with Crippen molar-refractivity contribution in [3.05, 3.63) is 64.7 Å². The molecular weight excluding hydrogens is 324 g/mol. The van der Waals surface area contributed by atoms with Crippen LogP contribution in [0.2, 0.25) is 0 Å². The number of hydrogen-bond acceptors (Lipinski definition) is 2. The van der Waals surface area contributed by atoms with Gasteiger partial charge < -0.3 is 10.6 Å². The Labute approximate surface area is 156 Å². The monoisotopic (exact) mass is 352 g/mol. The normalized spacial score (nSPS) is 11.3. The van der Waals surface area contributed by atoms with Crippen LogP contribution in [-0.4, -0.2) is 17.4 Å². The van der Waals surface area contributed by atoms with Crippen molar-refractivity contribution in [2.24, 2.45) is 0 Å². The Morgan fingerprint density at radius 2 is 1.50 bits per heavy atom. The van der Waals surface area contributed by atoms with Gasteiger partial charge in [-0.05, 0) is 62.9 Å². The first-order chi connectivity index (χ1) is 12.1. The van der Waals surface area contributed by atoms with Crippen LogP contribution in [0, 0.1) is 6.92 Å². The highest BCUT2D eigenvalue weighted by Gasteiger charge is 2.17. The summed E-state index contributed by atoms with van der Waals surface area (Å²) in [6.45, 7) is 12.0. The molecule has 0 atom stereocenters. The zero-order chi connectivity index (χ0) is 19.5. The third-order valence-corrected chi connectivity index (χ3v) is 4.04. The molecule has 4 nitrogen and oxygen atoms in total. The molecule has 4 heteroatoms. The second-order valence-electron chi connectivity index (χ2n) is 7.93. The fraction of sp³-hybridized carbons (Fsp3) is 0.364. The van der Waals surface area contributed by atoms with E-state index in [-0.39, 0.29) is 17.4 Å². The molecule has 0 spiro atoms. The van der Waals surface area contributed by atoms with Gasteiger partial charge in [-0.3, -0.25) is 9.59 Å². The second kappa shape index (κ2) is 7.73. The molecule has 2 N–H and O–H groups in total. The van der Waals surface area contributed by atoms with Crippen molar-refractivity contribution in [2.45, 2.75) is 53.0 Å². The second-order valence-corrected chi connectivity index (χ2v) is 7.93. The van der Waals surface area contributed by atoms with Gasteiger partial charge in [0.05, 0.1) is 0 Å². The van der Waals surface area contributed by atoms with Gasteiger partial charge in [0.2, 0.25) is 0 Å². The van der Waals surface area contributed by atoms with Crippen molar-refractivity contribution in [3.8, 4) is 0 Å². The van der Waals surface area contributed by atoms with Crippen LogP contribution in [0.3, 0.4) is 0 Å². The average Bonchev–Trinajstić information content (AvgIpc) is 2.55. The van der Waals surface area contributed by atoms with E-state index in [2.05, 4.69) is 24.5 Å². The van der Waals surface area contributed by atoms with Crippen LogP contribution in [0.25, 0.3) is 0 Å². The van der Waals surface area contributed by atoms with Crippen LogP contribution in [0.4, 0.5) is 5.69 Å². The van der Waals surface area contributed by atoms with E-state index in [1.807, 2.05) is 45.9 Å². The van der Waals surface area contributed by atoms with E-state index >= 15 is 0 Å². The summed E-state index contributed by atoms with van der Waals surface area (Å²) in [5, 5.41) is 5.93. The predicted molar refractivity (Wildman–Crippen MR) is 107 cm³/mol. The number of anilines is 1. The lowest BCUT2D eigenvalue weighted by Gasteiger charge is -2.20. The van der Waals surface area contributed by atoms with E-state index in [9.17, 15) is 9.59 Å². The van der Waals surface area contributed by atoms with Gasteiger partial charge in [-0.2, -0.15) is 0 Å². The van der Waals surface area contributed by atoms with Crippen LogP contribution in [-0.2, 0) is 0 Å². The number of nitrogens with one attached hydrogen (secondary N) is 2. The third-order valence-electron chi connectivity index (χ3n) is 4.04. The van der Waals surface area contributed by atoms with E-state index in [0.717, 1.165) is 16.8 Å². The van der Waals surface area contributed by atoms with Gasteiger partial charge in [0.25, 0.3) is 11.8 Å². The number of carbonyl (C=O) groups excluding carboxylic acids is 2. The largest absolute Gasteiger partial charge is 0.347 e. The summed E-state index contributed by atoms with van der Waals surface area (Å²) in [5.41, 5.74) is 3.57. The lowest BCUT2D eigenvalue weighted by atomic mass is 9.98. The molecule has 0 saturated carbocycles. The van der Waals surface area contributed by atoms with Crippen LogP contribution < -0.4 is 10.6 Å². The zero-order valence-electron chi connectivity index (χ0n) is 16.4. The fourth-order valence-electron chi connectivity index (χ4n) is 2.74. The molecule has 0 unspecified atom stereocenters. The summed E-state index contributed by atoms with van der Waals surface area (Å²) in [6.07, 6.45) is 0.